The van der Waals surface area contributed by atoms with E-state index in [0.29, 0.717) is 37.1 Å². The number of aromatic nitrogens is 1. The van der Waals surface area contributed by atoms with Gasteiger partial charge in [-0.1, -0.05) is 0 Å². The maximum Gasteiger partial charge on any atom is 0.273 e. The van der Waals surface area contributed by atoms with Crippen LogP contribution >= 0.6 is 11.3 Å². The molecule has 0 bridgehead atoms. The van der Waals surface area contributed by atoms with Crippen molar-refractivity contribution in [3.05, 3.63) is 41.2 Å². The fourth-order valence-electron chi connectivity index (χ4n) is 2.47. The van der Waals surface area contributed by atoms with Crippen molar-refractivity contribution in [2.45, 2.75) is 0 Å². The largest absolute Gasteiger partial charge is 0.378 e. The molecule has 1 aliphatic rings. The molecule has 0 aliphatic carbocycles. The molecule has 26 heavy (non-hydrogen) atoms. The van der Waals surface area contributed by atoms with Crippen molar-refractivity contribution in [3.8, 4) is 0 Å². The van der Waals surface area contributed by atoms with E-state index in [-0.39, 0.29) is 29.9 Å². The third-order valence-electron chi connectivity index (χ3n) is 3.90. The van der Waals surface area contributed by atoms with E-state index in [2.05, 4.69) is 10.3 Å². The number of nitrogens with zero attached hydrogens (tertiary/aromatic N) is 3. The Morgan fingerprint density at radius 2 is 2.00 bits per heavy atom. The molecule has 2 heterocycles. The fraction of sp³-hybridized carbons (Fsp3) is 0.353. The second-order valence-corrected chi connectivity index (χ2v) is 6.68. The number of benzene rings is 1. The minimum Gasteiger partial charge on any atom is -0.378 e. The Kier molecular flexibility index (Phi) is 5.79. The van der Waals surface area contributed by atoms with Gasteiger partial charge in [-0.3, -0.25) is 9.59 Å². The number of nitrogens with one attached hydrogen (secondary N) is 1. The molecule has 1 aromatic heterocycles. The van der Waals surface area contributed by atoms with Crippen molar-refractivity contribution in [2.75, 3.05) is 45.2 Å². The minimum absolute atomic E-state index is 0.00289. The van der Waals surface area contributed by atoms with Gasteiger partial charge in [-0.15, -0.1) is 11.3 Å². The summed E-state index contributed by atoms with van der Waals surface area (Å²) in [6.45, 7) is 2.13. The molecule has 7 nitrogen and oxygen atoms in total. The van der Waals surface area contributed by atoms with Gasteiger partial charge in [-0.2, -0.15) is 0 Å². The van der Waals surface area contributed by atoms with Crippen LogP contribution in [0.4, 0.5) is 15.2 Å². The van der Waals surface area contributed by atoms with Gasteiger partial charge in [0.25, 0.3) is 5.91 Å². The molecule has 2 amide bonds. The van der Waals surface area contributed by atoms with Crippen molar-refractivity contribution in [1.29, 1.82) is 0 Å². The van der Waals surface area contributed by atoms with E-state index >= 15 is 0 Å². The number of carbonyl (C=O) groups is 2. The summed E-state index contributed by atoms with van der Waals surface area (Å²) in [5.74, 6) is -0.754. The molecule has 138 valence electrons. The highest BCUT2D eigenvalue weighted by atomic mass is 32.1. The summed E-state index contributed by atoms with van der Waals surface area (Å²) in [7, 11) is 1.58. The number of ether oxygens (including phenoxy) is 1. The van der Waals surface area contributed by atoms with Gasteiger partial charge >= 0.3 is 0 Å². The maximum atomic E-state index is 12.9. The predicted molar refractivity (Wildman–Crippen MR) is 96.2 cm³/mol. The van der Waals surface area contributed by atoms with Crippen molar-refractivity contribution in [2.24, 2.45) is 0 Å². The number of hydrogen-bond acceptors (Lipinski definition) is 6. The quantitative estimate of drug-likeness (QED) is 0.861. The molecule has 3 rings (SSSR count). The second-order valence-electron chi connectivity index (χ2n) is 5.82. The van der Waals surface area contributed by atoms with Crippen LogP contribution in [0.5, 0.6) is 0 Å². The zero-order chi connectivity index (χ0) is 18.5. The number of halogens is 1. The lowest BCUT2D eigenvalue weighted by atomic mass is 10.3. The number of morpholine rings is 1. The molecular formula is C17H19FN4O3S. The Labute approximate surface area is 154 Å². The first-order chi connectivity index (χ1) is 12.5. The van der Waals surface area contributed by atoms with E-state index in [0.717, 1.165) is 0 Å². The summed E-state index contributed by atoms with van der Waals surface area (Å²) in [5, 5.41) is 5.17. The number of hydrogen-bond donors (Lipinski definition) is 1. The van der Waals surface area contributed by atoms with Crippen LogP contribution < -0.4 is 5.32 Å². The standard InChI is InChI=1S/C17H19FN4O3S/c1-21(10-15(23)22-6-8-25-9-7-22)16(24)14-11-26-17(20-14)19-13-4-2-12(18)3-5-13/h2-5,11H,6-10H2,1H3,(H,19,20). The SMILES string of the molecule is CN(CC(=O)N1CCOCC1)C(=O)c1csc(Nc2ccc(F)cc2)n1. The lowest BCUT2D eigenvalue weighted by Gasteiger charge is -2.28. The van der Waals surface area contributed by atoms with Crippen molar-refractivity contribution in [3.63, 3.8) is 0 Å². The molecule has 9 heteroatoms. The number of likely N-dealkylation sites (N-methyl/N-ethyl adjacent to an activating group) is 1. The van der Waals surface area contributed by atoms with Gasteiger partial charge < -0.3 is 19.9 Å². The zero-order valence-corrected chi connectivity index (χ0v) is 15.1. The number of carbonyl (C=O) groups excluding carboxylic acids is 2. The van der Waals surface area contributed by atoms with Crippen LogP contribution in [0.3, 0.4) is 0 Å². The molecule has 0 radical (unpaired) electrons. The number of amides is 2. The topological polar surface area (TPSA) is 74.8 Å². The second kappa shape index (κ2) is 8.24. The fourth-order valence-corrected chi connectivity index (χ4v) is 3.17. The van der Waals surface area contributed by atoms with Crippen LogP contribution in [0.1, 0.15) is 10.5 Å². The summed E-state index contributed by atoms with van der Waals surface area (Å²) in [6, 6.07) is 5.86. The van der Waals surface area contributed by atoms with Crippen LogP contribution in [0, 0.1) is 5.82 Å². The van der Waals surface area contributed by atoms with Gasteiger partial charge in [-0.05, 0) is 24.3 Å². The monoisotopic (exact) mass is 378 g/mol. The zero-order valence-electron chi connectivity index (χ0n) is 14.3. The van der Waals surface area contributed by atoms with Gasteiger partial charge in [-0.25, -0.2) is 9.37 Å². The molecule has 1 saturated heterocycles. The van der Waals surface area contributed by atoms with E-state index in [9.17, 15) is 14.0 Å². The molecule has 0 atom stereocenters. The Morgan fingerprint density at radius 1 is 1.31 bits per heavy atom. The van der Waals surface area contributed by atoms with Crippen LogP contribution in [0.2, 0.25) is 0 Å². The Morgan fingerprint density at radius 3 is 2.69 bits per heavy atom. The van der Waals surface area contributed by atoms with Gasteiger partial charge in [0.05, 0.1) is 19.8 Å². The maximum absolute atomic E-state index is 12.9. The molecule has 0 spiro atoms. The van der Waals surface area contributed by atoms with E-state index < -0.39 is 0 Å². The summed E-state index contributed by atoms with van der Waals surface area (Å²) in [4.78, 5) is 32.0. The first-order valence-electron chi connectivity index (χ1n) is 8.12. The number of thiazole rings is 1. The van der Waals surface area contributed by atoms with Gasteiger partial charge in [0.15, 0.2) is 5.13 Å². The van der Waals surface area contributed by atoms with Crippen molar-refractivity contribution in [1.82, 2.24) is 14.8 Å². The van der Waals surface area contributed by atoms with E-state index in [1.54, 1.807) is 29.5 Å². The molecule has 1 N–H and O–H groups in total. The van der Waals surface area contributed by atoms with Crippen LogP contribution in [-0.2, 0) is 9.53 Å². The molecular weight excluding hydrogens is 359 g/mol. The third kappa shape index (κ3) is 4.55. The molecule has 1 aromatic carbocycles. The smallest absolute Gasteiger partial charge is 0.273 e. The highest BCUT2D eigenvalue weighted by molar-refractivity contribution is 7.14. The van der Waals surface area contributed by atoms with Crippen LogP contribution in [0.15, 0.2) is 29.6 Å². The highest BCUT2D eigenvalue weighted by Gasteiger charge is 2.22. The third-order valence-corrected chi connectivity index (χ3v) is 4.66. The Bertz CT molecular complexity index is 775. The summed E-state index contributed by atoms with van der Waals surface area (Å²) in [5.41, 5.74) is 0.937. The van der Waals surface area contributed by atoms with E-state index in [1.807, 2.05) is 0 Å². The summed E-state index contributed by atoms with van der Waals surface area (Å²) >= 11 is 1.27. The van der Waals surface area contributed by atoms with Gasteiger partial charge in [0.1, 0.15) is 11.5 Å². The van der Waals surface area contributed by atoms with E-state index in [4.69, 9.17) is 4.74 Å². The predicted octanol–water partition coefficient (Wildman–Crippen LogP) is 1.96. The number of anilines is 2. The summed E-state index contributed by atoms with van der Waals surface area (Å²) < 4.78 is 18.2. The van der Waals surface area contributed by atoms with Gasteiger partial charge in [0.2, 0.25) is 5.91 Å². The van der Waals surface area contributed by atoms with Crippen LogP contribution in [-0.4, -0.2) is 66.5 Å². The van der Waals surface area contributed by atoms with E-state index in [1.165, 1.54) is 28.4 Å². The molecule has 1 aliphatic heterocycles. The molecule has 1 fully saturated rings. The molecule has 0 unspecified atom stereocenters. The van der Waals surface area contributed by atoms with Crippen molar-refractivity contribution >= 4 is 34.0 Å². The molecule has 0 saturated carbocycles. The summed E-state index contributed by atoms with van der Waals surface area (Å²) in [6.07, 6.45) is 0. The minimum atomic E-state index is -0.324. The first kappa shape index (κ1) is 18.3. The molecule has 2 aromatic rings. The Balaban J connectivity index is 1.58. The number of rotatable bonds is 5. The normalized spacial score (nSPS) is 14.2. The average molecular weight is 378 g/mol. The van der Waals surface area contributed by atoms with Gasteiger partial charge in [0, 0.05) is 31.2 Å². The Hall–Kier alpha value is -2.52. The van der Waals surface area contributed by atoms with Crippen LogP contribution in [0.25, 0.3) is 0 Å². The lowest BCUT2D eigenvalue weighted by molar-refractivity contribution is -0.135. The first-order valence-corrected chi connectivity index (χ1v) is 9.00. The van der Waals surface area contributed by atoms with Crippen molar-refractivity contribution < 1.29 is 18.7 Å². The average Bonchev–Trinajstić information content (AvgIpc) is 3.12. The lowest BCUT2D eigenvalue weighted by Crippen LogP contribution is -2.46. The highest BCUT2D eigenvalue weighted by Crippen LogP contribution is 2.21.